The minimum absolute atomic E-state index is 0.00528. The fourth-order valence-corrected chi connectivity index (χ4v) is 1.89. The Hall–Kier alpha value is -2.04. The van der Waals surface area contributed by atoms with Gasteiger partial charge in [0.1, 0.15) is 5.75 Å². The van der Waals surface area contributed by atoms with Gasteiger partial charge in [-0.25, -0.2) is 4.79 Å². The lowest BCUT2D eigenvalue weighted by Gasteiger charge is -2.07. The molecule has 0 aliphatic carbocycles. The van der Waals surface area contributed by atoms with Crippen LogP contribution in [0.4, 0.5) is 5.69 Å². The molecule has 1 aromatic carbocycles. The Morgan fingerprint density at radius 2 is 1.76 bits per heavy atom. The maximum atomic E-state index is 11.7. The number of benzene rings is 1. The Morgan fingerprint density at radius 3 is 2.38 bits per heavy atom. The van der Waals surface area contributed by atoms with Crippen LogP contribution in [0.1, 0.15) is 45.4 Å². The van der Waals surface area contributed by atoms with Crippen LogP contribution in [-0.2, 0) is 9.59 Å². The molecule has 0 spiro atoms. The molecule has 21 heavy (non-hydrogen) atoms. The van der Waals surface area contributed by atoms with E-state index in [4.69, 9.17) is 9.84 Å². The molecule has 1 rings (SSSR count). The quantitative estimate of drug-likeness (QED) is 0.648. The number of hydrogen-bond donors (Lipinski definition) is 2. The van der Waals surface area contributed by atoms with Crippen molar-refractivity contribution in [1.82, 2.24) is 0 Å². The van der Waals surface area contributed by atoms with Gasteiger partial charge in [0.25, 0.3) is 0 Å². The number of unbranched alkanes of at least 4 members (excludes halogenated alkanes) is 4. The smallest absolute Gasteiger partial charge is 0.341 e. The van der Waals surface area contributed by atoms with E-state index in [2.05, 4.69) is 12.2 Å². The summed E-state index contributed by atoms with van der Waals surface area (Å²) >= 11 is 0. The van der Waals surface area contributed by atoms with Gasteiger partial charge in [0, 0.05) is 12.1 Å². The molecule has 0 unspecified atom stereocenters. The number of carboxylic acid groups (broad SMARTS) is 1. The lowest BCUT2D eigenvalue weighted by molar-refractivity contribution is -0.139. The van der Waals surface area contributed by atoms with Gasteiger partial charge in [-0.3, -0.25) is 4.79 Å². The fraction of sp³-hybridized carbons (Fsp3) is 0.500. The van der Waals surface area contributed by atoms with Crippen molar-refractivity contribution in [2.24, 2.45) is 0 Å². The van der Waals surface area contributed by atoms with Crippen LogP contribution in [0.5, 0.6) is 5.75 Å². The van der Waals surface area contributed by atoms with Crippen LogP contribution in [0.2, 0.25) is 0 Å². The predicted octanol–water partition coefficient (Wildman–Crippen LogP) is 3.45. The van der Waals surface area contributed by atoms with E-state index in [1.807, 2.05) is 0 Å². The van der Waals surface area contributed by atoms with Crippen LogP contribution < -0.4 is 10.1 Å². The number of ether oxygens (including phenoxy) is 1. The van der Waals surface area contributed by atoms with Gasteiger partial charge in [-0.2, -0.15) is 0 Å². The molecule has 0 aliphatic rings. The number of rotatable bonds is 10. The summed E-state index contributed by atoms with van der Waals surface area (Å²) in [5.74, 6) is -0.545. The summed E-state index contributed by atoms with van der Waals surface area (Å²) in [7, 11) is 0. The average molecular weight is 293 g/mol. The predicted molar refractivity (Wildman–Crippen MR) is 81.6 cm³/mol. The van der Waals surface area contributed by atoms with Crippen molar-refractivity contribution in [3.63, 3.8) is 0 Å². The Bertz CT molecular complexity index is 442. The highest BCUT2D eigenvalue weighted by atomic mass is 16.5. The number of anilines is 1. The largest absolute Gasteiger partial charge is 0.482 e. The third-order valence-electron chi connectivity index (χ3n) is 3.01. The number of aliphatic carboxylic acids is 1. The molecule has 0 radical (unpaired) electrons. The van der Waals surface area contributed by atoms with E-state index in [0.717, 1.165) is 12.8 Å². The van der Waals surface area contributed by atoms with Crippen LogP contribution in [-0.4, -0.2) is 23.6 Å². The number of amides is 1. The van der Waals surface area contributed by atoms with E-state index in [1.54, 1.807) is 24.3 Å². The van der Waals surface area contributed by atoms with Gasteiger partial charge in [-0.1, -0.05) is 32.6 Å². The molecule has 5 nitrogen and oxygen atoms in total. The van der Waals surface area contributed by atoms with Gasteiger partial charge in [-0.15, -0.1) is 0 Å². The molecule has 116 valence electrons. The second-order valence-electron chi connectivity index (χ2n) is 4.92. The van der Waals surface area contributed by atoms with Crippen molar-refractivity contribution in [2.75, 3.05) is 11.9 Å². The molecule has 2 N–H and O–H groups in total. The summed E-state index contributed by atoms with van der Waals surface area (Å²) in [5, 5.41) is 11.3. The number of nitrogens with one attached hydrogen (secondary N) is 1. The Morgan fingerprint density at radius 1 is 1.10 bits per heavy atom. The van der Waals surface area contributed by atoms with Gasteiger partial charge < -0.3 is 15.2 Å². The number of carbonyl (C=O) groups excluding carboxylic acids is 1. The third-order valence-corrected chi connectivity index (χ3v) is 3.01. The summed E-state index contributed by atoms with van der Waals surface area (Å²) in [6.07, 6.45) is 6.12. The summed E-state index contributed by atoms with van der Waals surface area (Å²) in [5.41, 5.74) is 0.691. The van der Waals surface area contributed by atoms with Gasteiger partial charge in [0.15, 0.2) is 6.61 Å². The summed E-state index contributed by atoms with van der Waals surface area (Å²) in [6, 6.07) is 6.68. The molecule has 5 heteroatoms. The molecule has 0 fully saturated rings. The Balaban J connectivity index is 2.27. The van der Waals surface area contributed by atoms with Crippen molar-refractivity contribution < 1.29 is 19.4 Å². The van der Waals surface area contributed by atoms with E-state index < -0.39 is 5.97 Å². The third kappa shape index (κ3) is 7.97. The van der Waals surface area contributed by atoms with Crippen LogP contribution >= 0.6 is 0 Å². The topological polar surface area (TPSA) is 75.6 Å². The lowest BCUT2D eigenvalue weighted by Crippen LogP contribution is -2.11. The van der Waals surface area contributed by atoms with Crippen molar-refractivity contribution in [2.45, 2.75) is 45.4 Å². The van der Waals surface area contributed by atoms with E-state index in [9.17, 15) is 9.59 Å². The number of carboxylic acids is 1. The first kappa shape index (κ1) is 17.0. The first-order valence-corrected chi connectivity index (χ1v) is 7.36. The summed E-state index contributed by atoms with van der Waals surface area (Å²) < 4.78 is 5.02. The van der Waals surface area contributed by atoms with Crippen molar-refractivity contribution in [3.05, 3.63) is 24.3 Å². The van der Waals surface area contributed by atoms with E-state index in [-0.39, 0.29) is 12.5 Å². The molecular weight excluding hydrogens is 270 g/mol. The van der Waals surface area contributed by atoms with Crippen molar-refractivity contribution >= 4 is 17.6 Å². The maximum absolute atomic E-state index is 11.7. The Kier molecular flexibility index (Phi) is 7.94. The summed E-state index contributed by atoms with van der Waals surface area (Å²) in [4.78, 5) is 22.1. The zero-order valence-corrected chi connectivity index (χ0v) is 12.4. The summed E-state index contributed by atoms with van der Waals surface area (Å²) in [6.45, 7) is 1.79. The second-order valence-corrected chi connectivity index (χ2v) is 4.92. The zero-order chi connectivity index (χ0) is 15.5. The zero-order valence-electron chi connectivity index (χ0n) is 12.4. The van der Waals surface area contributed by atoms with Gasteiger partial charge in [0.2, 0.25) is 5.91 Å². The van der Waals surface area contributed by atoms with Gasteiger partial charge in [0.05, 0.1) is 0 Å². The molecule has 0 aliphatic heterocycles. The van der Waals surface area contributed by atoms with E-state index in [1.165, 1.54) is 19.3 Å². The van der Waals surface area contributed by atoms with Crippen molar-refractivity contribution in [3.8, 4) is 5.75 Å². The molecule has 0 heterocycles. The molecular formula is C16H23NO4. The van der Waals surface area contributed by atoms with Gasteiger partial charge >= 0.3 is 5.97 Å². The molecule has 0 bridgehead atoms. The normalized spacial score (nSPS) is 10.1. The molecule has 0 aromatic heterocycles. The molecule has 1 aromatic rings. The van der Waals surface area contributed by atoms with Crippen LogP contribution in [0.15, 0.2) is 24.3 Å². The molecule has 1 amide bonds. The van der Waals surface area contributed by atoms with E-state index in [0.29, 0.717) is 17.9 Å². The monoisotopic (exact) mass is 293 g/mol. The SMILES string of the molecule is CCCCCCCC(=O)Nc1ccc(OCC(=O)O)cc1. The van der Waals surface area contributed by atoms with Crippen LogP contribution in [0, 0.1) is 0 Å². The lowest BCUT2D eigenvalue weighted by atomic mass is 10.1. The number of hydrogen-bond acceptors (Lipinski definition) is 3. The van der Waals surface area contributed by atoms with Crippen LogP contribution in [0.25, 0.3) is 0 Å². The Labute approximate surface area is 125 Å². The van der Waals surface area contributed by atoms with Gasteiger partial charge in [-0.05, 0) is 30.7 Å². The first-order valence-electron chi connectivity index (χ1n) is 7.36. The highest BCUT2D eigenvalue weighted by Crippen LogP contribution is 2.16. The molecule has 0 saturated heterocycles. The minimum Gasteiger partial charge on any atom is -0.482 e. The van der Waals surface area contributed by atoms with Crippen LogP contribution in [0.3, 0.4) is 0 Å². The molecule has 0 atom stereocenters. The minimum atomic E-state index is -1.02. The van der Waals surface area contributed by atoms with Crippen molar-refractivity contribution in [1.29, 1.82) is 0 Å². The second kappa shape index (κ2) is 9.80. The van der Waals surface area contributed by atoms with E-state index >= 15 is 0 Å². The number of carbonyl (C=O) groups is 2. The first-order chi connectivity index (χ1) is 10.1. The average Bonchev–Trinajstić information content (AvgIpc) is 2.46. The highest BCUT2D eigenvalue weighted by Gasteiger charge is 2.03. The highest BCUT2D eigenvalue weighted by molar-refractivity contribution is 5.90. The molecule has 0 saturated carbocycles. The maximum Gasteiger partial charge on any atom is 0.341 e. The fourth-order valence-electron chi connectivity index (χ4n) is 1.89. The standard InChI is InChI=1S/C16H23NO4/c1-2-3-4-5-6-7-15(18)17-13-8-10-14(11-9-13)21-12-16(19)20/h8-11H,2-7,12H2,1H3,(H,17,18)(H,19,20).